The Bertz CT molecular complexity index is 711. The molecule has 3 unspecified atom stereocenters. The van der Waals surface area contributed by atoms with Gasteiger partial charge in [0.2, 0.25) is 0 Å². The predicted molar refractivity (Wildman–Crippen MR) is 152 cm³/mol. The van der Waals surface area contributed by atoms with Gasteiger partial charge in [-0.1, -0.05) is 50.5 Å². The van der Waals surface area contributed by atoms with E-state index in [4.69, 9.17) is 23.7 Å². The highest BCUT2D eigenvalue weighted by Gasteiger charge is 2.43. The molecule has 3 aliphatic rings. The first-order chi connectivity index (χ1) is 19.1. The van der Waals surface area contributed by atoms with Crippen LogP contribution in [0.2, 0.25) is 0 Å². The van der Waals surface area contributed by atoms with Gasteiger partial charge in [-0.2, -0.15) is 0 Å². The topological polar surface area (TPSA) is 83.5 Å². The minimum Gasteiger partial charge on any atom is -0.469 e. The quantitative estimate of drug-likeness (QED) is 0.126. The second-order valence-corrected chi connectivity index (χ2v) is 11.4. The van der Waals surface area contributed by atoms with Crippen LogP contribution in [0.25, 0.3) is 0 Å². The number of allylic oxidation sites excluding steroid dienone is 2. The summed E-state index contributed by atoms with van der Waals surface area (Å²) in [6.45, 7) is 3.92. The van der Waals surface area contributed by atoms with Crippen molar-refractivity contribution in [2.45, 2.75) is 128 Å². The molecule has 2 saturated heterocycles. The van der Waals surface area contributed by atoms with E-state index in [1.165, 1.54) is 20.0 Å². The Labute approximate surface area is 236 Å². The van der Waals surface area contributed by atoms with Crippen LogP contribution in [-0.2, 0) is 28.5 Å². The van der Waals surface area contributed by atoms with Crippen LogP contribution in [0.4, 0.5) is 0 Å². The molecule has 39 heavy (non-hydrogen) atoms. The minimum absolute atomic E-state index is 0.0152. The molecule has 1 N–H and O–H groups in total. The number of esters is 1. The lowest BCUT2D eigenvalue weighted by atomic mass is 9.85. The third-order valence-corrected chi connectivity index (χ3v) is 8.42. The maximum Gasteiger partial charge on any atom is 0.305 e. The van der Waals surface area contributed by atoms with Crippen LogP contribution >= 0.6 is 0 Å². The second kappa shape index (κ2) is 19.0. The summed E-state index contributed by atoms with van der Waals surface area (Å²) in [6, 6.07) is 0. The van der Waals surface area contributed by atoms with Crippen LogP contribution in [-0.4, -0.2) is 62.8 Å². The average Bonchev–Trinajstić information content (AvgIpc) is 3.30. The standard InChI is InChI=1S/C32H54O7/c1-3-4-7-14-26(38-31-17-10-12-21-36-31)19-20-28-27(15-8-5-6-9-16-30(34)35-2)25(24-33)23-29(28)39-32-18-11-13-22-37-32/h5,8,19-20,25-29,31-33H,3-4,6-7,9-18,21-24H2,1-2H3/t25-,26?,27+,28-,29-,31?,32?/m1/s1. The Morgan fingerprint density at radius 1 is 1.03 bits per heavy atom. The fourth-order valence-corrected chi connectivity index (χ4v) is 6.11. The highest BCUT2D eigenvalue weighted by molar-refractivity contribution is 5.69. The first-order valence-corrected chi connectivity index (χ1v) is 15.7. The smallest absolute Gasteiger partial charge is 0.305 e. The van der Waals surface area contributed by atoms with E-state index in [0.29, 0.717) is 6.42 Å². The van der Waals surface area contributed by atoms with E-state index in [1.54, 1.807) is 0 Å². The minimum atomic E-state index is -0.163. The normalized spacial score (nSPS) is 30.7. The Kier molecular flexibility index (Phi) is 15.7. The van der Waals surface area contributed by atoms with E-state index in [2.05, 4.69) is 31.2 Å². The predicted octanol–water partition coefficient (Wildman–Crippen LogP) is 6.48. The SMILES string of the molecule is CCCCCC(C=C[C@@H]1[C@@H](CC=CCCCC(=O)OC)[C@@H](CO)C[C@H]1OC1CCCCO1)OC1CCCCO1. The maximum atomic E-state index is 11.4. The largest absolute Gasteiger partial charge is 0.469 e. The summed E-state index contributed by atoms with van der Waals surface area (Å²) in [7, 11) is 1.43. The van der Waals surface area contributed by atoms with Crippen molar-refractivity contribution < 1.29 is 33.6 Å². The monoisotopic (exact) mass is 550 g/mol. The van der Waals surface area contributed by atoms with Crippen molar-refractivity contribution in [3.05, 3.63) is 24.3 Å². The number of carbonyl (C=O) groups is 1. The van der Waals surface area contributed by atoms with Crippen molar-refractivity contribution in [2.24, 2.45) is 17.8 Å². The molecule has 7 atom stereocenters. The van der Waals surface area contributed by atoms with E-state index >= 15 is 0 Å². The highest BCUT2D eigenvalue weighted by atomic mass is 16.7. The molecule has 1 saturated carbocycles. The van der Waals surface area contributed by atoms with E-state index < -0.39 is 0 Å². The van der Waals surface area contributed by atoms with Crippen molar-refractivity contribution >= 4 is 5.97 Å². The number of ether oxygens (including phenoxy) is 5. The zero-order chi connectivity index (χ0) is 27.7. The van der Waals surface area contributed by atoms with Crippen molar-refractivity contribution in [2.75, 3.05) is 26.9 Å². The van der Waals surface area contributed by atoms with Gasteiger partial charge in [-0.05, 0) is 82.5 Å². The number of hydrogen-bond acceptors (Lipinski definition) is 7. The van der Waals surface area contributed by atoms with Crippen molar-refractivity contribution in [1.82, 2.24) is 0 Å². The molecule has 0 radical (unpaired) electrons. The van der Waals surface area contributed by atoms with Crippen LogP contribution in [0.5, 0.6) is 0 Å². The zero-order valence-corrected chi connectivity index (χ0v) is 24.5. The van der Waals surface area contributed by atoms with Crippen molar-refractivity contribution in [3.63, 3.8) is 0 Å². The van der Waals surface area contributed by atoms with Gasteiger partial charge in [-0.15, -0.1) is 0 Å². The summed E-state index contributed by atoms with van der Waals surface area (Å²) in [6.07, 6.45) is 23.4. The summed E-state index contributed by atoms with van der Waals surface area (Å²) in [5, 5.41) is 10.3. The molecule has 7 nitrogen and oxygen atoms in total. The molecular weight excluding hydrogens is 496 g/mol. The fourth-order valence-electron chi connectivity index (χ4n) is 6.11. The summed E-state index contributed by atoms with van der Waals surface area (Å²) in [4.78, 5) is 11.4. The van der Waals surface area contributed by atoms with Gasteiger partial charge in [0.15, 0.2) is 12.6 Å². The molecule has 7 heteroatoms. The Morgan fingerprint density at radius 3 is 2.46 bits per heavy atom. The number of unbranched alkanes of at least 4 members (excludes halogenated alkanes) is 3. The van der Waals surface area contributed by atoms with Crippen LogP contribution < -0.4 is 0 Å². The lowest BCUT2D eigenvalue weighted by Crippen LogP contribution is -2.31. The van der Waals surface area contributed by atoms with Gasteiger partial charge in [0.1, 0.15) is 0 Å². The lowest BCUT2D eigenvalue weighted by molar-refractivity contribution is -0.193. The number of aliphatic hydroxyl groups excluding tert-OH is 1. The van der Waals surface area contributed by atoms with E-state index in [1.807, 2.05) is 0 Å². The molecule has 2 aliphatic heterocycles. The Hall–Kier alpha value is -1.25. The van der Waals surface area contributed by atoms with Gasteiger partial charge >= 0.3 is 5.97 Å². The molecule has 0 amide bonds. The van der Waals surface area contributed by atoms with E-state index in [9.17, 15) is 9.90 Å². The fraction of sp³-hybridized carbons (Fsp3) is 0.844. The highest BCUT2D eigenvalue weighted by Crippen LogP contribution is 2.43. The zero-order valence-electron chi connectivity index (χ0n) is 24.5. The third kappa shape index (κ3) is 11.6. The molecule has 1 aliphatic carbocycles. The number of carbonyl (C=O) groups excluding carboxylic acids is 1. The first kappa shape index (κ1) is 32.3. The molecule has 3 fully saturated rings. The van der Waals surface area contributed by atoms with Gasteiger partial charge in [0.25, 0.3) is 0 Å². The summed E-state index contributed by atoms with van der Waals surface area (Å²) < 4.78 is 29.6. The molecule has 2 heterocycles. The van der Waals surface area contributed by atoms with Gasteiger partial charge in [-0.3, -0.25) is 4.79 Å². The van der Waals surface area contributed by atoms with Gasteiger partial charge in [-0.25, -0.2) is 0 Å². The molecule has 0 bridgehead atoms. The number of hydrogen-bond donors (Lipinski definition) is 1. The lowest BCUT2D eigenvalue weighted by Gasteiger charge is -2.30. The van der Waals surface area contributed by atoms with Crippen LogP contribution in [0.15, 0.2) is 24.3 Å². The van der Waals surface area contributed by atoms with E-state index in [-0.39, 0.29) is 55.1 Å². The summed E-state index contributed by atoms with van der Waals surface area (Å²) >= 11 is 0. The molecule has 0 aromatic heterocycles. The Morgan fingerprint density at radius 2 is 1.79 bits per heavy atom. The number of rotatable bonds is 17. The molecular formula is C32H54O7. The molecule has 0 spiro atoms. The molecule has 224 valence electrons. The van der Waals surface area contributed by atoms with Crippen molar-refractivity contribution in [3.8, 4) is 0 Å². The molecule has 3 rings (SSSR count). The Balaban J connectivity index is 1.69. The van der Waals surface area contributed by atoms with Gasteiger partial charge in [0.05, 0.1) is 19.3 Å². The first-order valence-electron chi connectivity index (χ1n) is 15.7. The average molecular weight is 551 g/mol. The summed E-state index contributed by atoms with van der Waals surface area (Å²) in [5.74, 6) is 0.467. The molecule has 0 aromatic rings. The van der Waals surface area contributed by atoms with E-state index in [0.717, 1.165) is 90.3 Å². The van der Waals surface area contributed by atoms with Crippen LogP contribution in [0.3, 0.4) is 0 Å². The third-order valence-electron chi connectivity index (χ3n) is 8.42. The summed E-state index contributed by atoms with van der Waals surface area (Å²) in [5.41, 5.74) is 0. The molecule has 0 aromatic carbocycles. The van der Waals surface area contributed by atoms with Crippen LogP contribution in [0, 0.1) is 17.8 Å². The number of aliphatic hydroxyl groups is 1. The number of methoxy groups -OCH3 is 1. The van der Waals surface area contributed by atoms with Gasteiger partial charge in [0, 0.05) is 32.2 Å². The second-order valence-electron chi connectivity index (χ2n) is 11.4. The van der Waals surface area contributed by atoms with Crippen molar-refractivity contribution in [1.29, 1.82) is 0 Å². The van der Waals surface area contributed by atoms with Crippen LogP contribution in [0.1, 0.15) is 103 Å². The maximum absolute atomic E-state index is 11.4. The van der Waals surface area contributed by atoms with Gasteiger partial charge < -0.3 is 28.8 Å².